The van der Waals surface area contributed by atoms with Crippen molar-refractivity contribution < 1.29 is 22.8 Å². The highest BCUT2D eigenvalue weighted by atomic mass is 32.2. The monoisotopic (exact) mass is 494 g/mol. The van der Waals surface area contributed by atoms with E-state index in [0.29, 0.717) is 18.1 Å². The molecule has 2 rings (SSSR count). The number of hydrogen-bond donors (Lipinski definition) is 3. The zero-order valence-electron chi connectivity index (χ0n) is 19.0. The number of carbonyl (C=O) groups excluding carboxylic acids is 3. The fraction of sp³-hybridized carbons (Fsp3) is 0.409. The number of carbonyl (C=O) groups is 3. The Kier molecular flexibility index (Phi) is 10.0. The number of benzene rings is 1. The summed E-state index contributed by atoms with van der Waals surface area (Å²) in [6.45, 7) is 6.21. The Hall–Kier alpha value is -2.76. The van der Waals surface area contributed by atoms with E-state index in [1.54, 1.807) is 5.38 Å². The lowest BCUT2D eigenvalue weighted by atomic mass is 10.2. The van der Waals surface area contributed by atoms with Crippen molar-refractivity contribution in [3.63, 3.8) is 0 Å². The predicted octanol–water partition coefficient (Wildman–Crippen LogP) is 3.37. The van der Waals surface area contributed by atoms with E-state index in [4.69, 9.17) is 0 Å². The van der Waals surface area contributed by atoms with Crippen molar-refractivity contribution in [1.82, 2.24) is 15.2 Å². The Morgan fingerprint density at radius 3 is 2.06 bits per heavy atom. The Balaban J connectivity index is 2.13. The average molecular weight is 495 g/mol. The van der Waals surface area contributed by atoms with Gasteiger partial charge in [-0.1, -0.05) is 26.7 Å². The fourth-order valence-corrected chi connectivity index (χ4v) is 5.22. The summed E-state index contributed by atoms with van der Waals surface area (Å²) in [5.41, 5.74) is 4.89. The predicted molar refractivity (Wildman–Crippen MR) is 129 cm³/mol. The molecule has 1 aromatic carbocycles. The number of thiophene rings is 1. The van der Waals surface area contributed by atoms with E-state index in [2.05, 4.69) is 16.2 Å². The summed E-state index contributed by atoms with van der Waals surface area (Å²) in [4.78, 5) is 35.9. The summed E-state index contributed by atoms with van der Waals surface area (Å²) >= 11 is 1.15. The maximum Gasteiger partial charge on any atom is 0.272 e. The molecule has 1 aromatic heterocycles. The van der Waals surface area contributed by atoms with E-state index in [-0.39, 0.29) is 16.0 Å². The van der Waals surface area contributed by atoms with Crippen molar-refractivity contribution in [3.8, 4) is 0 Å². The lowest BCUT2D eigenvalue weighted by molar-refractivity contribution is -0.119. The molecule has 3 N–H and O–H groups in total. The second-order valence-corrected chi connectivity index (χ2v) is 10.2. The third-order valence-corrected chi connectivity index (χ3v) is 7.51. The van der Waals surface area contributed by atoms with Crippen molar-refractivity contribution in [1.29, 1.82) is 0 Å². The first-order valence-corrected chi connectivity index (χ1v) is 13.1. The van der Waals surface area contributed by atoms with Gasteiger partial charge >= 0.3 is 0 Å². The van der Waals surface area contributed by atoms with Crippen LogP contribution in [0.5, 0.6) is 0 Å². The molecule has 3 amide bonds. The van der Waals surface area contributed by atoms with Crippen LogP contribution in [-0.4, -0.2) is 43.5 Å². The van der Waals surface area contributed by atoms with E-state index in [1.807, 2.05) is 13.8 Å². The first-order valence-electron chi connectivity index (χ1n) is 10.8. The van der Waals surface area contributed by atoms with Gasteiger partial charge in [-0.2, -0.15) is 4.31 Å². The number of hydrazine groups is 1. The number of hydrogen-bond acceptors (Lipinski definition) is 6. The summed E-state index contributed by atoms with van der Waals surface area (Å²) in [7, 11) is -3.65. The number of rotatable bonds is 11. The number of sulfonamides is 1. The standard InChI is InChI=1S/C22H30N4O5S2/c1-4-6-13-26(14-7-5-2)33(30,31)18-10-8-17(9-11-18)20(28)23-22-19(12-15-32-22)21(29)25-24-16(3)27/h8-12,15H,4-7,13-14H2,1-3H3,(H,23,28)(H,24,27)(H,25,29). The summed E-state index contributed by atoms with van der Waals surface area (Å²) < 4.78 is 27.6. The molecule has 180 valence electrons. The Bertz CT molecular complexity index is 1060. The molecule has 2 aromatic rings. The van der Waals surface area contributed by atoms with Crippen LogP contribution >= 0.6 is 11.3 Å². The quantitative estimate of drug-likeness (QED) is 0.413. The van der Waals surface area contributed by atoms with Crippen molar-refractivity contribution in [2.24, 2.45) is 0 Å². The molecule has 0 atom stereocenters. The normalized spacial score (nSPS) is 11.3. The maximum atomic E-state index is 13.1. The molecule has 33 heavy (non-hydrogen) atoms. The SMILES string of the molecule is CCCCN(CCCC)S(=O)(=O)c1ccc(C(=O)Nc2sccc2C(=O)NNC(C)=O)cc1. The van der Waals surface area contributed by atoms with Gasteiger partial charge in [0, 0.05) is 25.6 Å². The lowest BCUT2D eigenvalue weighted by Gasteiger charge is -2.22. The maximum absolute atomic E-state index is 13.1. The third-order valence-electron chi connectivity index (χ3n) is 4.77. The molecule has 0 bridgehead atoms. The molecular formula is C22H30N4O5S2. The fourth-order valence-electron chi connectivity index (χ4n) is 2.92. The van der Waals surface area contributed by atoms with Crippen LogP contribution in [-0.2, 0) is 14.8 Å². The van der Waals surface area contributed by atoms with Crippen molar-refractivity contribution in [3.05, 3.63) is 46.8 Å². The number of anilines is 1. The molecule has 0 unspecified atom stereocenters. The number of amides is 3. The minimum Gasteiger partial charge on any atom is -0.313 e. The second-order valence-electron chi connectivity index (χ2n) is 7.39. The van der Waals surface area contributed by atoms with Gasteiger partial charge in [0.2, 0.25) is 15.9 Å². The average Bonchev–Trinajstić information content (AvgIpc) is 3.25. The second kappa shape index (κ2) is 12.5. The third kappa shape index (κ3) is 7.37. The molecule has 0 spiro atoms. The number of unbranched alkanes of at least 4 members (excludes halogenated alkanes) is 2. The van der Waals surface area contributed by atoms with Gasteiger partial charge < -0.3 is 5.32 Å². The van der Waals surface area contributed by atoms with Crippen LogP contribution in [0.3, 0.4) is 0 Å². The van der Waals surface area contributed by atoms with Crippen LogP contribution in [0.4, 0.5) is 5.00 Å². The number of nitrogens with one attached hydrogen (secondary N) is 3. The molecule has 9 nitrogen and oxygen atoms in total. The summed E-state index contributed by atoms with van der Waals surface area (Å²) in [6, 6.07) is 7.27. The molecule has 0 fully saturated rings. The molecule has 0 saturated carbocycles. The first kappa shape index (κ1) is 26.5. The van der Waals surface area contributed by atoms with Gasteiger partial charge in [0.05, 0.1) is 10.5 Å². The van der Waals surface area contributed by atoms with E-state index >= 15 is 0 Å². The minimum absolute atomic E-state index is 0.137. The smallest absolute Gasteiger partial charge is 0.272 e. The Morgan fingerprint density at radius 1 is 0.909 bits per heavy atom. The van der Waals surface area contributed by atoms with E-state index in [1.165, 1.54) is 41.6 Å². The van der Waals surface area contributed by atoms with Gasteiger partial charge in [0.15, 0.2) is 0 Å². The highest BCUT2D eigenvalue weighted by molar-refractivity contribution is 7.89. The van der Waals surface area contributed by atoms with Gasteiger partial charge in [-0.25, -0.2) is 8.42 Å². The number of nitrogens with zero attached hydrogens (tertiary/aromatic N) is 1. The van der Waals surface area contributed by atoms with Crippen LogP contribution < -0.4 is 16.2 Å². The molecule has 11 heteroatoms. The highest BCUT2D eigenvalue weighted by Gasteiger charge is 2.24. The summed E-state index contributed by atoms with van der Waals surface area (Å²) in [5, 5.41) is 4.60. The summed E-state index contributed by atoms with van der Waals surface area (Å²) in [5.74, 6) is -1.48. The largest absolute Gasteiger partial charge is 0.313 e. The van der Waals surface area contributed by atoms with E-state index < -0.39 is 27.7 Å². The van der Waals surface area contributed by atoms with E-state index in [0.717, 1.165) is 37.0 Å². The molecule has 0 saturated heterocycles. The van der Waals surface area contributed by atoms with Crippen LogP contribution in [0.15, 0.2) is 40.6 Å². The van der Waals surface area contributed by atoms with Gasteiger partial charge in [-0.15, -0.1) is 11.3 Å². The van der Waals surface area contributed by atoms with Gasteiger partial charge in [0.25, 0.3) is 11.8 Å². The molecule has 0 aliphatic carbocycles. The zero-order chi connectivity index (χ0) is 24.4. The van der Waals surface area contributed by atoms with Crippen LogP contribution in [0.2, 0.25) is 0 Å². The van der Waals surface area contributed by atoms with Crippen molar-refractivity contribution in [2.75, 3.05) is 18.4 Å². The van der Waals surface area contributed by atoms with Gasteiger partial charge in [-0.3, -0.25) is 25.2 Å². The molecular weight excluding hydrogens is 464 g/mol. The van der Waals surface area contributed by atoms with Crippen molar-refractivity contribution in [2.45, 2.75) is 51.3 Å². The van der Waals surface area contributed by atoms with Crippen molar-refractivity contribution >= 4 is 44.1 Å². The lowest BCUT2D eigenvalue weighted by Crippen LogP contribution is -2.40. The van der Waals surface area contributed by atoms with Gasteiger partial charge in [-0.05, 0) is 48.6 Å². The van der Waals surface area contributed by atoms with Crippen LogP contribution in [0, 0.1) is 0 Å². The van der Waals surface area contributed by atoms with Crippen LogP contribution in [0.25, 0.3) is 0 Å². The van der Waals surface area contributed by atoms with Gasteiger partial charge in [0.1, 0.15) is 5.00 Å². The first-order chi connectivity index (χ1) is 15.7. The Morgan fingerprint density at radius 2 is 1.52 bits per heavy atom. The molecule has 0 radical (unpaired) electrons. The van der Waals surface area contributed by atoms with Crippen LogP contribution in [0.1, 0.15) is 67.2 Å². The topological polar surface area (TPSA) is 125 Å². The van der Waals surface area contributed by atoms with E-state index in [9.17, 15) is 22.8 Å². The zero-order valence-corrected chi connectivity index (χ0v) is 20.6. The molecule has 0 aliphatic rings. The minimum atomic E-state index is -3.65. The highest BCUT2D eigenvalue weighted by Crippen LogP contribution is 2.24. The molecule has 1 heterocycles. The summed E-state index contributed by atoms with van der Waals surface area (Å²) in [6.07, 6.45) is 3.35. The molecule has 0 aliphatic heterocycles. The Labute approximate surface area is 198 Å².